The van der Waals surface area contributed by atoms with Gasteiger partial charge in [-0.3, -0.25) is 0 Å². The molecule has 0 bridgehead atoms. The predicted octanol–water partition coefficient (Wildman–Crippen LogP) is 12.3. The van der Waals surface area contributed by atoms with Crippen LogP contribution in [0.2, 0.25) is 10.1 Å². The Morgan fingerprint density at radius 2 is 0.716 bits per heavy atom. The lowest BCUT2D eigenvalue weighted by Gasteiger charge is -2.45. The maximum absolute atomic E-state index is 10.5. The Morgan fingerprint density at radius 3 is 1.07 bits per heavy atom. The van der Waals surface area contributed by atoms with Crippen molar-refractivity contribution in [3.8, 4) is 0 Å². The fourth-order valence-electron chi connectivity index (χ4n) is 9.92. The topological polar surface area (TPSA) is 77.4 Å². The quantitative estimate of drug-likeness (QED) is 0.0353. The van der Waals surface area contributed by atoms with Gasteiger partial charge in [0.1, 0.15) is 0 Å². The number of unbranched alkanes of at least 4 members (excludes halogenated alkanes) is 13. The molecule has 372 valence electrons. The van der Waals surface area contributed by atoms with E-state index in [1.54, 1.807) is 0 Å². The standard InChI is InChI=1S/C59H92O6Si2/c1-8-9-10-11-14-31-44-56(60)57(61)45-32-15-12-13-16-33-46-62-49-51(65-67(59(5,6)7,54-40-27-21-28-41-54)55-42-29-22-30-43-55)50-63-47-34-17-18-35-48-64-66(58(2,3)4,52-36-23-19-24-37-52)53-38-25-20-26-39-53/h19-30,36-43,51,56-57,60-61H,8-18,31-35,44-50H2,1-7H3. The van der Waals surface area contributed by atoms with Crippen LogP contribution in [0.3, 0.4) is 0 Å². The minimum absolute atomic E-state index is 0.0231. The average Bonchev–Trinajstić information content (AvgIpc) is 3.33. The molecule has 4 rings (SSSR count). The summed E-state index contributed by atoms with van der Waals surface area (Å²) in [6, 6.07) is 43.6. The molecule has 0 aliphatic carbocycles. The lowest BCUT2D eigenvalue weighted by Crippen LogP contribution is -2.68. The van der Waals surface area contributed by atoms with Gasteiger partial charge in [-0.25, -0.2) is 0 Å². The van der Waals surface area contributed by atoms with E-state index in [1.165, 1.54) is 46.4 Å². The van der Waals surface area contributed by atoms with Crippen molar-refractivity contribution in [2.24, 2.45) is 0 Å². The monoisotopic (exact) mass is 953 g/mol. The van der Waals surface area contributed by atoms with Crippen LogP contribution >= 0.6 is 0 Å². The molecule has 3 atom stereocenters. The summed E-state index contributed by atoms with van der Waals surface area (Å²) in [6.07, 6.45) is 17.9. The zero-order chi connectivity index (χ0) is 48.3. The molecular formula is C59H92O6Si2. The molecule has 0 amide bonds. The number of ether oxygens (including phenoxy) is 2. The van der Waals surface area contributed by atoms with Gasteiger partial charge in [0.2, 0.25) is 0 Å². The molecule has 4 aromatic carbocycles. The number of benzene rings is 4. The lowest BCUT2D eigenvalue weighted by atomic mass is 9.99. The van der Waals surface area contributed by atoms with Crippen molar-refractivity contribution in [2.75, 3.05) is 33.0 Å². The van der Waals surface area contributed by atoms with Gasteiger partial charge < -0.3 is 28.5 Å². The normalized spacial score (nSPS) is 14.0. The zero-order valence-electron chi connectivity index (χ0n) is 43.1. The Morgan fingerprint density at radius 1 is 0.403 bits per heavy atom. The molecule has 0 heterocycles. The highest BCUT2D eigenvalue weighted by atomic mass is 28.4. The number of aliphatic hydroxyl groups is 2. The van der Waals surface area contributed by atoms with Crippen LogP contribution in [0, 0.1) is 0 Å². The Bertz CT molecular complexity index is 1740. The van der Waals surface area contributed by atoms with Crippen LogP contribution < -0.4 is 20.7 Å². The first-order valence-electron chi connectivity index (χ1n) is 26.4. The summed E-state index contributed by atoms with van der Waals surface area (Å²) in [5.74, 6) is 0. The van der Waals surface area contributed by atoms with E-state index in [2.05, 4.69) is 170 Å². The van der Waals surface area contributed by atoms with Crippen molar-refractivity contribution in [3.63, 3.8) is 0 Å². The van der Waals surface area contributed by atoms with E-state index in [0.717, 1.165) is 83.7 Å². The van der Waals surface area contributed by atoms with Crippen molar-refractivity contribution in [1.82, 2.24) is 0 Å². The summed E-state index contributed by atoms with van der Waals surface area (Å²) in [5.41, 5.74) is 0. The average molecular weight is 954 g/mol. The number of rotatable bonds is 35. The second-order valence-corrected chi connectivity index (χ2v) is 29.6. The highest BCUT2D eigenvalue weighted by Crippen LogP contribution is 2.38. The van der Waals surface area contributed by atoms with Gasteiger partial charge in [0, 0.05) is 19.8 Å². The summed E-state index contributed by atoms with van der Waals surface area (Å²) in [4.78, 5) is 0. The van der Waals surface area contributed by atoms with Crippen molar-refractivity contribution in [2.45, 2.75) is 192 Å². The second kappa shape index (κ2) is 30.6. The molecule has 0 radical (unpaired) electrons. The first-order valence-corrected chi connectivity index (χ1v) is 30.2. The third kappa shape index (κ3) is 18.1. The van der Waals surface area contributed by atoms with Gasteiger partial charge in [-0.15, -0.1) is 0 Å². The van der Waals surface area contributed by atoms with E-state index < -0.39 is 28.8 Å². The maximum Gasteiger partial charge on any atom is 0.261 e. The fourth-order valence-corrected chi connectivity index (χ4v) is 19.2. The molecule has 3 unspecified atom stereocenters. The summed E-state index contributed by atoms with van der Waals surface area (Å²) < 4.78 is 27.7. The second-order valence-electron chi connectivity index (χ2n) is 21.1. The van der Waals surface area contributed by atoms with Crippen LogP contribution in [0.25, 0.3) is 0 Å². The van der Waals surface area contributed by atoms with E-state index in [9.17, 15) is 10.2 Å². The molecule has 0 aliphatic rings. The van der Waals surface area contributed by atoms with Crippen molar-refractivity contribution in [3.05, 3.63) is 121 Å². The van der Waals surface area contributed by atoms with Gasteiger partial charge in [0.15, 0.2) is 0 Å². The van der Waals surface area contributed by atoms with Gasteiger partial charge in [-0.05, 0) is 62.9 Å². The van der Waals surface area contributed by atoms with Crippen LogP contribution in [0.4, 0.5) is 0 Å². The van der Waals surface area contributed by atoms with E-state index in [0.29, 0.717) is 39.3 Å². The summed E-state index contributed by atoms with van der Waals surface area (Å²) in [5, 5.41) is 25.9. The maximum atomic E-state index is 10.5. The molecule has 0 saturated heterocycles. The van der Waals surface area contributed by atoms with Crippen LogP contribution in [0.1, 0.15) is 164 Å². The Hall–Kier alpha value is -2.93. The van der Waals surface area contributed by atoms with Gasteiger partial charge in [0.05, 0.1) is 31.5 Å². The number of hydrogen-bond donors (Lipinski definition) is 2. The number of hydrogen-bond acceptors (Lipinski definition) is 6. The Labute approximate surface area is 410 Å². The summed E-state index contributed by atoms with van der Waals surface area (Å²) >= 11 is 0. The van der Waals surface area contributed by atoms with Crippen molar-refractivity contribution >= 4 is 37.4 Å². The first-order chi connectivity index (χ1) is 32.4. The molecule has 4 aromatic rings. The van der Waals surface area contributed by atoms with Gasteiger partial charge in [-0.1, -0.05) is 253 Å². The minimum atomic E-state index is -2.81. The fraction of sp³-hybridized carbons (Fsp3) is 0.593. The Balaban J connectivity index is 1.27. The molecule has 67 heavy (non-hydrogen) atoms. The molecular weight excluding hydrogens is 861 g/mol. The van der Waals surface area contributed by atoms with Crippen molar-refractivity contribution in [1.29, 1.82) is 0 Å². The summed E-state index contributed by atoms with van der Waals surface area (Å²) in [7, 11) is -5.34. The van der Waals surface area contributed by atoms with Crippen LogP contribution in [0.5, 0.6) is 0 Å². The molecule has 0 aromatic heterocycles. The summed E-state index contributed by atoms with van der Waals surface area (Å²) in [6.45, 7) is 19.3. The smallest absolute Gasteiger partial charge is 0.261 e. The highest BCUT2D eigenvalue weighted by molar-refractivity contribution is 7.00. The highest BCUT2D eigenvalue weighted by Gasteiger charge is 2.52. The minimum Gasteiger partial charge on any atom is -0.407 e. The third-order valence-corrected chi connectivity index (χ3v) is 23.8. The zero-order valence-corrected chi connectivity index (χ0v) is 45.1. The Kier molecular flexibility index (Phi) is 25.9. The van der Waals surface area contributed by atoms with Crippen LogP contribution in [0.15, 0.2) is 121 Å². The largest absolute Gasteiger partial charge is 0.407 e. The van der Waals surface area contributed by atoms with Crippen LogP contribution in [-0.2, 0) is 18.3 Å². The van der Waals surface area contributed by atoms with E-state index in [-0.39, 0.29) is 16.2 Å². The van der Waals surface area contributed by atoms with Crippen LogP contribution in [-0.4, -0.2) is 78.2 Å². The molecule has 8 heteroatoms. The molecule has 0 fully saturated rings. The van der Waals surface area contributed by atoms with Gasteiger partial charge in [-0.2, -0.15) is 0 Å². The molecule has 0 spiro atoms. The van der Waals surface area contributed by atoms with E-state index in [4.69, 9.17) is 18.3 Å². The van der Waals surface area contributed by atoms with E-state index in [1.807, 2.05) is 0 Å². The van der Waals surface area contributed by atoms with Gasteiger partial charge >= 0.3 is 0 Å². The number of aliphatic hydroxyl groups excluding tert-OH is 2. The van der Waals surface area contributed by atoms with Gasteiger partial charge in [0.25, 0.3) is 16.6 Å². The molecule has 6 nitrogen and oxygen atoms in total. The predicted molar refractivity (Wildman–Crippen MR) is 288 cm³/mol. The van der Waals surface area contributed by atoms with Crippen molar-refractivity contribution < 1.29 is 28.5 Å². The molecule has 0 aliphatic heterocycles. The molecule has 2 N–H and O–H groups in total. The SMILES string of the molecule is CCCCCCCCC(O)C(O)CCCCCCCCOCC(COCCCCCCO[Si](c1ccccc1)(c1ccccc1)C(C)(C)C)O[Si](c1ccccc1)(c1ccccc1)C(C)(C)C. The lowest BCUT2D eigenvalue weighted by molar-refractivity contribution is -0.0122. The molecule has 0 saturated carbocycles. The van der Waals surface area contributed by atoms with E-state index >= 15 is 0 Å². The first kappa shape index (κ1) is 56.7. The third-order valence-electron chi connectivity index (χ3n) is 13.6.